The molecule has 1 heterocycles. The molecule has 0 aliphatic heterocycles. The van der Waals surface area contributed by atoms with E-state index < -0.39 is 5.97 Å². The van der Waals surface area contributed by atoms with E-state index in [0.29, 0.717) is 16.9 Å². The Morgan fingerprint density at radius 3 is 2.32 bits per heavy atom. The van der Waals surface area contributed by atoms with E-state index >= 15 is 0 Å². The number of ether oxygens (including phenoxy) is 1. The molecule has 0 radical (unpaired) electrons. The van der Waals surface area contributed by atoms with Gasteiger partial charge in [0.15, 0.2) is 6.61 Å². The normalized spacial score (nSPS) is 18.1. The number of nitrogens with one attached hydrogen (secondary N) is 2. The number of carbonyl (C=O) groups excluding carboxylic acids is 3. The minimum atomic E-state index is -0.614. The Bertz CT molecular complexity index is 734. The van der Waals surface area contributed by atoms with Crippen LogP contribution in [-0.4, -0.2) is 47.2 Å². The van der Waals surface area contributed by atoms with Crippen molar-refractivity contribution in [3.05, 3.63) is 23.9 Å². The van der Waals surface area contributed by atoms with E-state index in [1.54, 1.807) is 18.3 Å². The first-order valence-electron chi connectivity index (χ1n) is 9.77. The van der Waals surface area contributed by atoms with E-state index in [1.165, 1.54) is 11.8 Å². The van der Waals surface area contributed by atoms with Gasteiger partial charge in [-0.2, -0.15) is 0 Å². The van der Waals surface area contributed by atoms with Crippen LogP contribution in [0.1, 0.15) is 49.9 Å². The first kappa shape index (κ1) is 20.6. The van der Waals surface area contributed by atoms with Gasteiger partial charge in [-0.05, 0) is 63.5 Å². The molecule has 2 aliphatic carbocycles. The van der Waals surface area contributed by atoms with E-state index in [1.807, 2.05) is 13.8 Å². The first-order chi connectivity index (χ1) is 13.4. The van der Waals surface area contributed by atoms with Crippen LogP contribution < -0.4 is 10.6 Å². The number of aromatic nitrogens is 1. The molecule has 0 saturated heterocycles. The Hall–Kier alpha value is -2.09. The van der Waals surface area contributed by atoms with Crippen molar-refractivity contribution in [3.63, 3.8) is 0 Å². The Morgan fingerprint density at radius 1 is 1.11 bits per heavy atom. The van der Waals surface area contributed by atoms with Gasteiger partial charge in [0.05, 0.1) is 11.3 Å². The smallest absolute Gasteiger partial charge is 0.341 e. The third-order valence-electron chi connectivity index (χ3n) is 5.10. The summed E-state index contributed by atoms with van der Waals surface area (Å²) in [6, 6.07) is 3.50. The van der Waals surface area contributed by atoms with Crippen LogP contribution in [0.5, 0.6) is 0 Å². The zero-order valence-corrected chi connectivity index (χ0v) is 17.1. The lowest BCUT2D eigenvalue weighted by molar-refractivity contribution is -0.125. The van der Waals surface area contributed by atoms with Gasteiger partial charge in [-0.15, -0.1) is 0 Å². The molecule has 0 aromatic carbocycles. The summed E-state index contributed by atoms with van der Waals surface area (Å²) in [6.45, 7) is 3.65. The molecule has 1 aromatic heterocycles. The average Bonchev–Trinajstić information content (AvgIpc) is 3.57. The Labute approximate surface area is 169 Å². The highest BCUT2D eigenvalue weighted by molar-refractivity contribution is 8.00. The van der Waals surface area contributed by atoms with Gasteiger partial charge in [0.2, 0.25) is 5.91 Å². The van der Waals surface area contributed by atoms with Crippen molar-refractivity contribution in [3.8, 4) is 0 Å². The molecule has 2 fully saturated rings. The summed E-state index contributed by atoms with van der Waals surface area (Å²) in [7, 11) is 0. The van der Waals surface area contributed by atoms with Crippen LogP contribution in [-0.2, 0) is 14.3 Å². The van der Waals surface area contributed by atoms with Crippen molar-refractivity contribution in [2.24, 2.45) is 11.8 Å². The number of hydrogen-bond acceptors (Lipinski definition) is 6. The highest BCUT2D eigenvalue weighted by atomic mass is 32.2. The quantitative estimate of drug-likeness (QED) is 0.457. The highest BCUT2D eigenvalue weighted by Gasteiger charge is 2.30. The summed E-state index contributed by atoms with van der Waals surface area (Å²) in [5, 5.41) is 6.25. The molecule has 152 valence electrons. The van der Waals surface area contributed by atoms with Gasteiger partial charge >= 0.3 is 5.97 Å². The number of esters is 1. The molecule has 0 bridgehead atoms. The lowest BCUT2D eigenvalue weighted by Gasteiger charge is -2.14. The van der Waals surface area contributed by atoms with Gasteiger partial charge in [-0.25, -0.2) is 9.78 Å². The molecule has 2 aliphatic rings. The molecular formula is C20H27N3O4S. The van der Waals surface area contributed by atoms with E-state index in [4.69, 9.17) is 4.74 Å². The number of hydrogen-bond donors (Lipinski definition) is 2. The fraction of sp³-hybridized carbons (Fsp3) is 0.600. The molecule has 8 heteroatoms. The van der Waals surface area contributed by atoms with Gasteiger partial charge in [-0.1, -0.05) is 11.8 Å². The summed E-state index contributed by atoms with van der Waals surface area (Å²) >= 11 is 1.19. The lowest BCUT2D eigenvalue weighted by atomic mass is 10.2. The summed E-state index contributed by atoms with van der Waals surface area (Å²) in [5.74, 6) is 0.296. The van der Waals surface area contributed by atoms with Crippen LogP contribution in [0.3, 0.4) is 0 Å². The van der Waals surface area contributed by atoms with Crippen molar-refractivity contribution < 1.29 is 19.1 Å². The van der Waals surface area contributed by atoms with Gasteiger partial charge in [-0.3, -0.25) is 9.59 Å². The Balaban J connectivity index is 1.47. The molecule has 1 aromatic rings. The minimum absolute atomic E-state index is 0.0807. The SMILES string of the molecule is C[C@@H](NC(=O)COC(=O)c1cccnc1SCC(=O)N[C@H](C)C1CC1)C1CC1. The number of amides is 2. The van der Waals surface area contributed by atoms with Gasteiger partial charge in [0, 0.05) is 18.3 Å². The summed E-state index contributed by atoms with van der Waals surface area (Å²) in [4.78, 5) is 40.6. The molecular weight excluding hydrogens is 378 g/mol. The van der Waals surface area contributed by atoms with Crippen molar-refractivity contribution in [1.29, 1.82) is 0 Å². The third kappa shape index (κ3) is 6.22. The molecule has 28 heavy (non-hydrogen) atoms. The first-order valence-corrected chi connectivity index (χ1v) is 10.8. The number of carbonyl (C=O) groups is 3. The maximum absolute atomic E-state index is 12.4. The van der Waals surface area contributed by atoms with E-state index in [2.05, 4.69) is 15.6 Å². The van der Waals surface area contributed by atoms with Crippen LogP contribution in [0, 0.1) is 11.8 Å². The Kier molecular flexibility index (Phi) is 6.93. The van der Waals surface area contributed by atoms with Crippen LogP contribution in [0.15, 0.2) is 23.4 Å². The maximum atomic E-state index is 12.4. The van der Waals surface area contributed by atoms with Crippen molar-refractivity contribution in [2.45, 2.75) is 56.6 Å². The largest absolute Gasteiger partial charge is 0.452 e. The van der Waals surface area contributed by atoms with Gasteiger partial charge < -0.3 is 15.4 Å². The number of thioether (sulfide) groups is 1. The van der Waals surface area contributed by atoms with Crippen LogP contribution >= 0.6 is 11.8 Å². The lowest BCUT2D eigenvalue weighted by Crippen LogP contribution is -2.37. The molecule has 2 atom stereocenters. The summed E-state index contributed by atoms with van der Waals surface area (Å²) in [6.07, 6.45) is 6.15. The molecule has 7 nitrogen and oxygen atoms in total. The summed E-state index contributed by atoms with van der Waals surface area (Å²) < 4.78 is 5.14. The second-order valence-electron chi connectivity index (χ2n) is 7.61. The predicted molar refractivity (Wildman–Crippen MR) is 106 cm³/mol. The van der Waals surface area contributed by atoms with Gasteiger partial charge in [0.25, 0.3) is 5.91 Å². The topological polar surface area (TPSA) is 97.4 Å². The average molecular weight is 406 g/mol. The van der Waals surface area contributed by atoms with Crippen molar-refractivity contribution in [1.82, 2.24) is 15.6 Å². The van der Waals surface area contributed by atoms with E-state index in [0.717, 1.165) is 25.7 Å². The maximum Gasteiger partial charge on any atom is 0.341 e. The standard InChI is InChI=1S/C20H27N3O4S/c1-12(14-5-6-14)22-17(24)10-27-20(26)16-4-3-9-21-19(16)28-11-18(25)23-13(2)15-7-8-15/h3-4,9,12-15H,5-8,10-11H2,1-2H3,(H,22,24)(H,23,25)/t12-,13-/m1/s1. The van der Waals surface area contributed by atoms with Crippen molar-refractivity contribution >= 4 is 29.5 Å². The zero-order chi connectivity index (χ0) is 20.1. The molecule has 2 saturated carbocycles. The number of pyridine rings is 1. The number of nitrogens with zero attached hydrogens (tertiary/aromatic N) is 1. The van der Waals surface area contributed by atoms with Crippen LogP contribution in [0.4, 0.5) is 0 Å². The summed E-state index contributed by atoms with van der Waals surface area (Å²) in [5.41, 5.74) is 0.263. The minimum Gasteiger partial charge on any atom is -0.452 e. The molecule has 3 rings (SSSR count). The second kappa shape index (κ2) is 9.41. The van der Waals surface area contributed by atoms with Crippen LogP contribution in [0.25, 0.3) is 0 Å². The second-order valence-corrected chi connectivity index (χ2v) is 8.57. The predicted octanol–water partition coefficient (Wildman–Crippen LogP) is 2.16. The molecule has 2 N–H and O–H groups in total. The monoisotopic (exact) mass is 405 g/mol. The van der Waals surface area contributed by atoms with Crippen molar-refractivity contribution in [2.75, 3.05) is 12.4 Å². The molecule has 0 unspecified atom stereocenters. The highest BCUT2D eigenvalue weighted by Crippen LogP contribution is 2.33. The zero-order valence-electron chi connectivity index (χ0n) is 16.3. The Morgan fingerprint density at radius 2 is 1.71 bits per heavy atom. The molecule has 0 spiro atoms. The van der Waals surface area contributed by atoms with E-state index in [-0.39, 0.29) is 41.8 Å². The van der Waals surface area contributed by atoms with E-state index in [9.17, 15) is 14.4 Å². The fourth-order valence-electron chi connectivity index (χ4n) is 3.02. The third-order valence-corrected chi connectivity index (χ3v) is 6.11. The van der Waals surface area contributed by atoms with Crippen LogP contribution in [0.2, 0.25) is 0 Å². The number of rotatable bonds is 10. The molecule has 2 amide bonds. The fourth-order valence-corrected chi connectivity index (χ4v) is 3.82. The van der Waals surface area contributed by atoms with Gasteiger partial charge in [0.1, 0.15) is 5.03 Å².